The van der Waals surface area contributed by atoms with Crippen molar-refractivity contribution in [3.8, 4) is 0 Å². The molecule has 1 heterocycles. The van der Waals surface area contributed by atoms with Crippen molar-refractivity contribution in [3.63, 3.8) is 0 Å². The molecule has 1 atom stereocenters. The quantitative estimate of drug-likeness (QED) is 0.685. The fourth-order valence-corrected chi connectivity index (χ4v) is 2.06. The average molecular weight is 258 g/mol. The Hall–Kier alpha value is -1.30. The number of amides is 2. The molecule has 6 nitrogen and oxygen atoms in total. The molecule has 3 N–H and O–H groups in total. The molecule has 0 aromatic carbocycles. The van der Waals surface area contributed by atoms with Gasteiger partial charge in [0.05, 0.1) is 0 Å². The van der Waals surface area contributed by atoms with Crippen molar-refractivity contribution in [2.75, 3.05) is 19.7 Å². The van der Waals surface area contributed by atoms with Crippen LogP contribution in [0.5, 0.6) is 0 Å². The maximum atomic E-state index is 11.9. The number of nitrogens with zero attached hydrogens (tertiary/aromatic N) is 1. The number of hydrogen-bond acceptors (Lipinski definition) is 3. The van der Waals surface area contributed by atoms with Gasteiger partial charge >= 0.3 is 12.0 Å². The van der Waals surface area contributed by atoms with E-state index in [0.29, 0.717) is 13.1 Å². The van der Waals surface area contributed by atoms with E-state index in [4.69, 9.17) is 10.2 Å². The highest BCUT2D eigenvalue weighted by Gasteiger charge is 2.28. The first-order valence-corrected chi connectivity index (χ1v) is 6.34. The Morgan fingerprint density at radius 2 is 1.89 bits per heavy atom. The molecule has 0 bridgehead atoms. The summed E-state index contributed by atoms with van der Waals surface area (Å²) >= 11 is 0. The first-order chi connectivity index (χ1) is 8.45. The van der Waals surface area contributed by atoms with E-state index in [9.17, 15) is 9.59 Å². The summed E-state index contributed by atoms with van der Waals surface area (Å²) in [6.07, 6.45) is 1.53. The number of carboxylic acid groups (broad SMARTS) is 1. The molecule has 0 unspecified atom stereocenters. The van der Waals surface area contributed by atoms with Gasteiger partial charge in [0, 0.05) is 19.7 Å². The molecule has 1 aliphatic heterocycles. The SMILES string of the molecule is CC(C)[C@@H](NC(=O)N1CCC(CO)CC1)C(=O)O. The van der Waals surface area contributed by atoms with Crippen LogP contribution in [0.25, 0.3) is 0 Å². The Balaban J connectivity index is 2.48. The molecule has 104 valence electrons. The lowest BCUT2D eigenvalue weighted by Crippen LogP contribution is -2.52. The van der Waals surface area contributed by atoms with Crippen LogP contribution < -0.4 is 5.32 Å². The number of nitrogens with one attached hydrogen (secondary N) is 1. The fraction of sp³-hybridized carbons (Fsp3) is 0.833. The van der Waals surface area contributed by atoms with E-state index in [2.05, 4.69) is 5.32 Å². The number of aliphatic hydroxyl groups excluding tert-OH is 1. The highest BCUT2D eigenvalue weighted by molar-refractivity contribution is 5.82. The van der Waals surface area contributed by atoms with Crippen molar-refractivity contribution in [3.05, 3.63) is 0 Å². The maximum absolute atomic E-state index is 11.9. The number of carbonyl (C=O) groups is 2. The van der Waals surface area contributed by atoms with E-state index in [1.54, 1.807) is 18.7 Å². The first-order valence-electron chi connectivity index (χ1n) is 6.34. The second-order valence-corrected chi connectivity index (χ2v) is 5.12. The van der Waals surface area contributed by atoms with Crippen molar-refractivity contribution >= 4 is 12.0 Å². The lowest BCUT2D eigenvalue weighted by atomic mass is 9.98. The third kappa shape index (κ3) is 3.87. The molecule has 1 aliphatic rings. The number of rotatable bonds is 4. The molecular formula is C12H22N2O4. The summed E-state index contributed by atoms with van der Waals surface area (Å²) in [5.41, 5.74) is 0. The third-order valence-corrected chi connectivity index (χ3v) is 3.37. The van der Waals surface area contributed by atoms with E-state index in [1.165, 1.54) is 0 Å². The van der Waals surface area contributed by atoms with Gasteiger partial charge in [-0.1, -0.05) is 13.8 Å². The summed E-state index contributed by atoms with van der Waals surface area (Å²) in [7, 11) is 0. The van der Waals surface area contributed by atoms with E-state index < -0.39 is 12.0 Å². The summed E-state index contributed by atoms with van der Waals surface area (Å²) in [6.45, 7) is 4.82. The van der Waals surface area contributed by atoms with Crippen LogP contribution in [0, 0.1) is 11.8 Å². The second-order valence-electron chi connectivity index (χ2n) is 5.12. The standard InChI is InChI=1S/C12H22N2O4/c1-8(2)10(11(16)17)13-12(18)14-5-3-9(7-15)4-6-14/h8-10,15H,3-7H2,1-2H3,(H,13,18)(H,16,17)/t10-/m1/s1. The van der Waals surface area contributed by atoms with Gasteiger partial charge in [0.2, 0.25) is 0 Å². The van der Waals surface area contributed by atoms with Gasteiger partial charge in [0.25, 0.3) is 0 Å². The summed E-state index contributed by atoms with van der Waals surface area (Å²) in [5, 5.41) is 20.6. The number of piperidine rings is 1. The van der Waals surface area contributed by atoms with Gasteiger partial charge < -0.3 is 20.4 Å². The van der Waals surface area contributed by atoms with Crippen molar-refractivity contribution in [2.45, 2.75) is 32.7 Å². The Labute approximate surface area is 107 Å². The zero-order valence-electron chi connectivity index (χ0n) is 10.9. The summed E-state index contributed by atoms with van der Waals surface area (Å²) in [6, 6.07) is -1.18. The summed E-state index contributed by atoms with van der Waals surface area (Å²) < 4.78 is 0. The van der Waals surface area contributed by atoms with E-state index in [1.807, 2.05) is 0 Å². The summed E-state index contributed by atoms with van der Waals surface area (Å²) in [4.78, 5) is 24.5. The minimum atomic E-state index is -1.01. The molecule has 18 heavy (non-hydrogen) atoms. The molecule has 0 aliphatic carbocycles. The van der Waals surface area contributed by atoms with Gasteiger partial charge in [-0.3, -0.25) is 0 Å². The second kappa shape index (κ2) is 6.58. The lowest BCUT2D eigenvalue weighted by Gasteiger charge is -2.32. The molecule has 0 aromatic heterocycles. The molecule has 1 saturated heterocycles. The number of aliphatic carboxylic acids is 1. The largest absolute Gasteiger partial charge is 0.480 e. The van der Waals surface area contributed by atoms with E-state index >= 15 is 0 Å². The minimum Gasteiger partial charge on any atom is -0.480 e. The Bertz CT molecular complexity index is 298. The zero-order valence-corrected chi connectivity index (χ0v) is 10.9. The monoisotopic (exact) mass is 258 g/mol. The van der Waals surface area contributed by atoms with Crippen LogP contribution in [0.15, 0.2) is 0 Å². The van der Waals surface area contributed by atoms with Crippen molar-refractivity contribution in [2.24, 2.45) is 11.8 Å². The number of hydrogen-bond donors (Lipinski definition) is 3. The van der Waals surface area contributed by atoms with E-state index in [0.717, 1.165) is 12.8 Å². The van der Waals surface area contributed by atoms with Gasteiger partial charge in [0.15, 0.2) is 0 Å². The molecule has 0 radical (unpaired) electrons. The number of urea groups is 1. The van der Waals surface area contributed by atoms with Gasteiger partial charge in [-0.15, -0.1) is 0 Å². The topological polar surface area (TPSA) is 89.9 Å². The Kier molecular flexibility index (Phi) is 5.40. The predicted octanol–water partition coefficient (Wildman–Crippen LogP) is 0.509. The molecule has 0 saturated carbocycles. The molecule has 0 spiro atoms. The highest BCUT2D eigenvalue weighted by Crippen LogP contribution is 2.16. The van der Waals surface area contributed by atoms with Crippen LogP contribution in [-0.4, -0.2) is 52.9 Å². The molecule has 1 rings (SSSR count). The fourth-order valence-electron chi connectivity index (χ4n) is 2.06. The van der Waals surface area contributed by atoms with Gasteiger partial charge in [-0.05, 0) is 24.7 Å². The Morgan fingerprint density at radius 1 is 1.33 bits per heavy atom. The summed E-state index contributed by atoms with van der Waals surface area (Å²) in [5.74, 6) is -0.903. The number of likely N-dealkylation sites (tertiary alicyclic amines) is 1. The zero-order chi connectivity index (χ0) is 13.7. The normalized spacial score (nSPS) is 18.8. The molecule has 2 amide bonds. The number of carboxylic acids is 1. The lowest BCUT2D eigenvalue weighted by molar-refractivity contribution is -0.140. The molecular weight excluding hydrogens is 236 g/mol. The first kappa shape index (κ1) is 14.8. The van der Waals surface area contributed by atoms with Crippen molar-refractivity contribution in [1.29, 1.82) is 0 Å². The molecule has 6 heteroatoms. The molecule has 0 aromatic rings. The van der Waals surface area contributed by atoms with Crippen molar-refractivity contribution in [1.82, 2.24) is 10.2 Å². The smallest absolute Gasteiger partial charge is 0.326 e. The third-order valence-electron chi connectivity index (χ3n) is 3.37. The van der Waals surface area contributed by atoms with Crippen LogP contribution in [0.3, 0.4) is 0 Å². The highest BCUT2D eigenvalue weighted by atomic mass is 16.4. The number of carbonyl (C=O) groups excluding carboxylic acids is 1. The van der Waals surface area contributed by atoms with E-state index in [-0.39, 0.29) is 24.5 Å². The predicted molar refractivity (Wildman–Crippen MR) is 66.2 cm³/mol. The van der Waals surface area contributed by atoms with Crippen molar-refractivity contribution < 1.29 is 19.8 Å². The van der Waals surface area contributed by atoms with Gasteiger partial charge in [0.1, 0.15) is 6.04 Å². The van der Waals surface area contributed by atoms with Crippen LogP contribution in [0.2, 0.25) is 0 Å². The van der Waals surface area contributed by atoms with Crippen LogP contribution in [-0.2, 0) is 4.79 Å². The van der Waals surface area contributed by atoms with Crippen LogP contribution in [0.1, 0.15) is 26.7 Å². The van der Waals surface area contributed by atoms with Gasteiger partial charge in [-0.2, -0.15) is 0 Å². The Morgan fingerprint density at radius 3 is 2.28 bits per heavy atom. The van der Waals surface area contributed by atoms with Gasteiger partial charge in [-0.25, -0.2) is 9.59 Å². The molecule has 1 fully saturated rings. The maximum Gasteiger partial charge on any atom is 0.326 e. The number of aliphatic hydroxyl groups is 1. The van der Waals surface area contributed by atoms with Crippen LogP contribution >= 0.6 is 0 Å². The average Bonchev–Trinajstić information content (AvgIpc) is 2.35. The minimum absolute atomic E-state index is 0.151. The van der Waals surface area contributed by atoms with Crippen LogP contribution in [0.4, 0.5) is 4.79 Å².